The van der Waals surface area contributed by atoms with E-state index in [9.17, 15) is 5.11 Å². The molecule has 2 rings (SSSR count). The Hall–Kier alpha value is -1.83. The van der Waals surface area contributed by atoms with E-state index in [-0.39, 0.29) is 12.6 Å². The Kier molecular flexibility index (Phi) is 4.43. The minimum atomic E-state index is -1.12. The van der Waals surface area contributed by atoms with Gasteiger partial charge in [-0.25, -0.2) is 4.68 Å². The zero-order valence-electron chi connectivity index (χ0n) is 11.6. The van der Waals surface area contributed by atoms with E-state index in [0.717, 1.165) is 11.3 Å². The molecule has 0 radical (unpaired) electrons. The van der Waals surface area contributed by atoms with Gasteiger partial charge in [0.25, 0.3) is 0 Å². The van der Waals surface area contributed by atoms with Crippen molar-refractivity contribution in [1.82, 2.24) is 25.5 Å². The van der Waals surface area contributed by atoms with Crippen LogP contribution in [0.5, 0.6) is 0 Å². The molecule has 0 amide bonds. The van der Waals surface area contributed by atoms with Gasteiger partial charge in [-0.15, -0.1) is 5.10 Å². The molecule has 2 unspecified atom stereocenters. The summed E-state index contributed by atoms with van der Waals surface area (Å²) in [5, 5.41) is 33.1. The maximum atomic E-state index is 9.78. The van der Waals surface area contributed by atoms with E-state index < -0.39 is 5.60 Å². The molecule has 0 fully saturated rings. The zero-order valence-corrected chi connectivity index (χ0v) is 11.6. The standard InChI is InChI=1S/C13H19N5O2/c1-10(14-7-13(2,20)8-19)11-4-3-5-12(6-11)18-9-15-16-17-18/h3-6,9-10,14,19-20H,7-8H2,1-2H3. The van der Waals surface area contributed by atoms with E-state index in [2.05, 4.69) is 20.8 Å². The summed E-state index contributed by atoms with van der Waals surface area (Å²) in [6.45, 7) is 3.60. The Balaban J connectivity index is 2.07. The molecule has 3 N–H and O–H groups in total. The molecule has 2 aromatic rings. The van der Waals surface area contributed by atoms with Gasteiger partial charge in [-0.1, -0.05) is 12.1 Å². The molecule has 0 aliphatic rings. The van der Waals surface area contributed by atoms with Gasteiger partial charge in [-0.2, -0.15) is 0 Å². The van der Waals surface area contributed by atoms with Gasteiger partial charge in [-0.3, -0.25) is 0 Å². The zero-order chi connectivity index (χ0) is 14.6. The first kappa shape index (κ1) is 14.6. The Morgan fingerprint density at radius 2 is 2.25 bits per heavy atom. The summed E-state index contributed by atoms with van der Waals surface area (Å²) in [5.41, 5.74) is 0.795. The van der Waals surface area contributed by atoms with Gasteiger partial charge in [0.15, 0.2) is 0 Å². The molecular formula is C13H19N5O2. The predicted molar refractivity (Wildman–Crippen MR) is 73.3 cm³/mol. The van der Waals surface area contributed by atoms with Crippen molar-refractivity contribution in [3.63, 3.8) is 0 Å². The van der Waals surface area contributed by atoms with Gasteiger partial charge in [0.1, 0.15) is 6.33 Å². The molecule has 108 valence electrons. The largest absolute Gasteiger partial charge is 0.393 e. The second-order valence-corrected chi connectivity index (χ2v) is 5.11. The number of tetrazole rings is 1. The van der Waals surface area contributed by atoms with Crippen molar-refractivity contribution in [3.05, 3.63) is 36.2 Å². The summed E-state index contributed by atoms with van der Waals surface area (Å²) in [6.07, 6.45) is 1.54. The smallest absolute Gasteiger partial charge is 0.143 e. The summed E-state index contributed by atoms with van der Waals surface area (Å²) < 4.78 is 1.58. The predicted octanol–water partition coefficient (Wildman–Crippen LogP) is 0.0562. The normalized spacial score (nSPS) is 15.8. The molecule has 1 heterocycles. The van der Waals surface area contributed by atoms with Gasteiger partial charge >= 0.3 is 0 Å². The third kappa shape index (κ3) is 3.60. The molecule has 7 heteroatoms. The fourth-order valence-electron chi connectivity index (χ4n) is 1.76. The Labute approximate surface area is 117 Å². The first-order valence-corrected chi connectivity index (χ1v) is 6.42. The summed E-state index contributed by atoms with van der Waals surface area (Å²) in [7, 11) is 0. The fraction of sp³-hybridized carbons (Fsp3) is 0.462. The molecule has 0 bridgehead atoms. The average molecular weight is 277 g/mol. The Morgan fingerprint density at radius 1 is 1.45 bits per heavy atom. The second kappa shape index (κ2) is 6.08. The van der Waals surface area contributed by atoms with E-state index >= 15 is 0 Å². The maximum Gasteiger partial charge on any atom is 0.143 e. The fourth-order valence-corrected chi connectivity index (χ4v) is 1.76. The number of nitrogens with one attached hydrogen (secondary N) is 1. The molecule has 0 saturated heterocycles. The van der Waals surface area contributed by atoms with Crippen LogP contribution in [-0.4, -0.2) is 49.2 Å². The van der Waals surface area contributed by atoms with Crippen molar-refractivity contribution in [3.8, 4) is 5.69 Å². The summed E-state index contributed by atoms with van der Waals surface area (Å²) in [4.78, 5) is 0. The van der Waals surface area contributed by atoms with Crippen molar-refractivity contribution in [1.29, 1.82) is 0 Å². The summed E-state index contributed by atoms with van der Waals surface area (Å²) >= 11 is 0. The molecule has 7 nitrogen and oxygen atoms in total. The van der Waals surface area contributed by atoms with Crippen LogP contribution in [0.25, 0.3) is 5.69 Å². The highest BCUT2D eigenvalue weighted by molar-refractivity contribution is 5.35. The molecule has 2 atom stereocenters. The molecule has 1 aromatic heterocycles. The van der Waals surface area contributed by atoms with Crippen LogP contribution in [0, 0.1) is 0 Å². The van der Waals surface area contributed by atoms with Crippen LogP contribution in [0.4, 0.5) is 0 Å². The number of aromatic nitrogens is 4. The van der Waals surface area contributed by atoms with Crippen LogP contribution in [0.15, 0.2) is 30.6 Å². The monoisotopic (exact) mass is 277 g/mol. The lowest BCUT2D eigenvalue weighted by Gasteiger charge is -2.24. The van der Waals surface area contributed by atoms with Gasteiger partial charge in [0.05, 0.1) is 17.9 Å². The van der Waals surface area contributed by atoms with Crippen LogP contribution in [0.1, 0.15) is 25.5 Å². The lowest BCUT2D eigenvalue weighted by Crippen LogP contribution is -2.41. The number of nitrogens with zero attached hydrogens (tertiary/aromatic N) is 4. The minimum absolute atomic E-state index is 0.0319. The number of hydrogen-bond acceptors (Lipinski definition) is 6. The first-order chi connectivity index (χ1) is 9.52. The highest BCUT2D eigenvalue weighted by atomic mass is 16.3. The molecular weight excluding hydrogens is 258 g/mol. The topological polar surface area (TPSA) is 96.1 Å². The lowest BCUT2D eigenvalue weighted by atomic mass is 10.0. The minimum Gasteiger partial charge on any atom is -0.393 e. The maximum absolute atomic E-state index is 9.78. The van der Waals surface area contributed by atoms with Gasteiger partial charge in [-0.05, 0) is 42.0 Å². The van der Waals surface area contributed by atoms with Crippen LogP contribution in [0.3, 0.4) is 0 Å². The SMILES string of the molecule is CC(NCC(C)(O)CO)c1cccc(-n2cnnn2)c1. The quantitative estimate of drug-likeness (QED) is 0.691. The number of hydrogen-bond donors (Lipinski definition) is 3. The molecule has 0 aliphatic heterocycles. The Morgan fingerprint density at radius 3 is 2.90 bits per heavy atom. The van der Waals surface area contributed by atoms with Crippen LogP contribution >= 0.6 is 0 Å². The van der Waals surface area contributed by atoms with E-state index in [0.29, 0.717) is 6.54 Å². The molecule has 0 spiro atoms. The van der Waals surface area contributed by atoms with E-state index in [1.165, 1.54) is 6.33 Å². The molecule has 0 saturated carbocycles. The first-order valence-electron chi connectivity index (χ1n) is 6.42. The lowest BCUT2D eigenvalue weighted by molar-refractivity contribution is 0.00106. The third-order valence-electron chi connectivity index (χ3n) is 3.11. The number of benzene rings is 1. The van der Waals surface area contributed by atoms with Crippen LogP contribution in [0.2, 0.25) is 0 Å². The molecule has 1 aromatic carbocycles. The van der Waals surface area contributed by atoms with E-state index in [1.807, 2.05) is 31.2 Å². The van der Waals surface area contributed by atoms with E-state index in [1.54, 1.807) is 11.6 Å². The van der Waals surface area contributed by atoms with Crippen molar-refractivity contribution in [2.75, 3.05) is 13.2 Å². The molecule has 0 aliphatic carbocycles. The van der Waals surface area contributed by atoms with Crippen molar-refractivity contribution in [2.24, 2.45) is 0 Å². The second-order valence-electron chi connectivity index (χ2n) is 5.11. The number of aliphatic hydroxyl groups is 2. The van der Waals surface area contributed by atoms with Gasteiger partial charge in [0.2, 0.25) is 0 Å². The highest BCUT2D eigenvalue weighted by Crippen LogP contribution is 2.16. The van der Waals surface area contributed by atoms with Gasteiger partial charge in [0, 0.05) is 12.6 Å². The van der Waals surface area contributed by atoms with Gasteiger partial charge < -0.3 is 15.5 Å². The average Bonchev–Trinajstić information content (AvgIpc) is 2.99. The van der Waals surface area contributed by atoms with Crippen LogP contribution in [-0.2, 0) is 0 Å². The van der Waals surface area contributed by atoms with Crippen molar-refractivity contribution >= 4 is 0 Å². The van der Waals surface area contributed by atoms with Crippen molar-refractivity contribution in [2.45, 2.75) is 25.5 Å². The summed E-state index contributed by atoms with van der Waals surface area (Å²) in [6, 6.07) is 7.83. The van der Waals surface area contributed by atoms with E-state index in [4.69, 9.17) is 5.11 Å². The number of aliphatic hydroxyl groups excluding tert-OH is 1. The van der Waals surface area contributed by atoms with Crippen molar-refractivity contribution < 1.29 is 10.2 Å². The third-order valence-corrected chi connectivity index (χ3v) is 3.11. The highest BCUT2D eigenvalue weighted by Gasteiger charge is 2.19. The molecule has 20 heavy (non-hydrogen) atoms. The Bertz CT molecular complexity index is 541. The van der Waals surface area contributed by atoms with Crippen LogP contribution < -0.4 is 5.32 Å². The number of rotatable bonds is 6. The summed E-state index contributed by atoms with van der Waals surface area (Å²) in [5.74, 6) is 0.